The molecule has 4 aromatic rings. The number of carbonyl (C=O) groups excluding carboxylic acids is 1. The summed E-state index contributed by atoms with van der Waals surface area (Å²) in [5.74, 6) is -0.608. The molecule has 6 heteroatoms. The molecule has 30 heavy (non-hydrogen) atoms. The number of aromatic amines is 1. The number of fused-ring (bicyclic) bond motifs is 1. The Balaban J connectivity index is 1.49. The molecule has 0 saturated carbocycles. The van der Waals surface area contributed by atoms with Gasteiger partial charge in [0.1, 0.15) is 5.82 Å². The Morgan fingerprint density at radius 3 is 2.70 bits per heavy atom. The van der Waals surface area contributed by atoms with Gasteiger partial charge in [-0.1, -0.05) is 6.07 Å². The Labute approximate surface area is 179 Å². The van der Waals surface area contributed by atoms with E-state index in [4.69, 9.17) is 0 Å². The van der Waals surface area contributed by atoms with Crippen LogP contribution in [-0.2, 0) is 13.0 Å². The zero-order valence-electron chi connectivity index (χ0n) is 17.0. The second-order valence-electron chi connectivity index (χ2n) is 7.52. The van der Waals surface area contributed by atoms with Crippen molar-refractivity contribution < 1.29 is 9.18 Å². The number of aromatic nitrogens is 1. The monoisotopic (exact) mass is 421 g/mol. The highest BCUT2D eigenvalue weighted by molar-refractivity contribution is 7.09. The Morgan fingerprint density at radius 1 is 1.17 bits per heavy atom. The van der Waals surface area contributed by atoms with Gasteiger partial charge in [-0.3, -0.25) is 4.79 Å². The van der Waals surface area contributed by atoms with Gasteiger partial charge in [0.25, 0.3) is 5.91 Å². The van der Waals surface area contributed by atoms with E-state index in [1.165, 1.54) is 34.7 Å². The van der Waals surface area contributed by atoms with Crippen LogP contribution < -0.4 is 5.32 Å². The number of rotatable bonds is 7. The Bertz CT molecular complexity index is 1150. The first-order valence-corrected chi connectivity index (χ1v) is 10.8. The van der Waals surface area contributed by atoms with Crippen molar-refractivity contribution in [2.75, 3.05) is 18.9 Å². The van der Waals surface area contributed by atoms with E-state index >= 15 is 0 Å². The minimum absolute atomic E-state index is 0.251. The minimum Gasteiger partial charge on any atom is -0.358 e. The lowest BCUT2D eigenvalue weighted by Crippen LogP contribution is -2.20. The zero-order valence-corrected chi connectivity index (χ0v) is 17.9. The molecule has 4 rings (SSSR count). The summed E-state index contributed by atoms with van der Waals surface area (Å²) < 4.78 is 13.1. The topological polar surface area (TPSA) is 48.1 Å². The average Bonchev–Trinajstić information content (AvgIpc) is 3.33. The maximum atomic E-state index is 13.1. The second-order valence-corrected chi connectivity index (χ2v) is 8.55. The van der Waals surface area contributed by atoms with Crippen LogP contribution in [0.4, 0.5) is 10.1 Å². The van der Waals surface area contributed by atoms with Gasteiger partial charge in [0.15, 0.2) is 0 Å². The van der Waals surface area contributed by atoms with Gasteiger partial charge in [0.2, 0.25) is 0 Å². The van der Waals surface area contributed by atoms with Crippen LogP contribution in [-0.4, -0.2) is 29.4 Å². The zero-order chi connectivity index (χ0) is 21.1. The smallest absolute Gasteiger partial charge is 0.255 e. The number of halogens is 1. The van der Waals surface area contributed by atoms with Crippen LogP contribution in [0.25, 0.3) is 10.9 Å². The van der Waals surface area contributed by atoms with Crippen LogP contribution in [0.1, 0.15) is 26.5 Å². The summed E-state index contributed by atoms with van der Waals surface area (Å²) in [6, 6.07) is 15.7. The highest BCUT2D eigenvalue weighted by Crippen LogP contribution is 2.26. The first-order chi connectivity index (χ1) is 14.5. The van der Waals surface area contributed by atoms with Crippen molar-refractivity contribution in [1.29, 1.82) is 0 Å². The number of benzene rings is 2. The summed E-state index contributed by atoms with van der Waals surface area (Å²) in [6.07, 6.45) is 0.920. The summed E-state index contributed by atoms with van der Waals surface area (Å²) in [5, 5.41) is 6.14. The van der Waals surface area contributed by atoms with Gasteiger partial charge in [-0.05, 0) is 79.9 Å². The normalized spacial score (nSPS) is 11.3. The number of carbonyl (C=O) groups is 1. The molecule has 0 aliphatic rings. The van der Waals surface area contributed by atoms with E-state index in [0.717, 1.165) is 41.8 Å². The number of hydrogen-bond acceptors (Lipinski definition) is 3. The van der Waals surface area contributed by atoms with Crippen molar-refractivity contribution in [2.45, 2.75) is 19.9 Å². The van der Waals surface area contributed by atoms with E-state index in [1.807, 2.05) is 18.2 Å². The third-order valence-electron chi connectivity index (χ3n) is 5.23. The molecule has 0 unspecified atom stereocenters. The van der Waals surface area contributed by atoms with Crippen LogP contribution in [0.5, 0.6) is 0 Å². The third-order valence-corrected chi connectivity index (χ3v) is 6.09. The van der Waals surface area contributed by atoms with Gasteiger partial charge in [0.05, 0.1) is 0 Å². The van der Waals surface area contributed by atoms with Crippen molar-refractivity contribution in [3.63, 3.8) is 0 Å². The number of nitrogens with zero attached hydrogens (tertiary/aromatic N) is 1. The number of aryl methyl sites for hydroxylation is 1. The number of thiophene rings is 1. The van der Waals surface area contributed by atoms with Gasteiger partial charge >= 0.3 is 0 Å². The first-order valence-electron chi connectivity index (χ1n) is 9.88. The number of anilines is 1. The number of amides is 1. The largest absolute Gasteiger partial charge is 0.358 e. The number of nitrogens with one attached hydrogen (secondary N) is 2. The quantitative estimate of drug-likeness (QED) is 0.408. The predicted molar refractivity (Wildman–Crippen MR) is 122 cm³/mol. The van der Waals surface area contributed by atoms with Crippen molar-refractivity contribution in [3.8, 4) is 0 Å². The molecule has 0 aliphatic carbocycles. The van der Waals surface area contributed by atoms with Crippen molar-refractivity contribution >= 4 is 33.8 Å². The lowest BCUT2D eigenvalue weighted by atomic mass is 10.1. The lowest BCUT2D eigenvalue weighted by molar-refractivity contribution is 0.102. The van der Waals surface area contributed by atoms with E-state index in [1.54, 1.807) is 11.3 Å². The molecule has 0 bridgehead atoms. The summed E-state index contributed by atoms with van der Waals surface area (Å²) in [4.78, 5) is 19.6. The average molecular weight is 422 g/mol. The van der Waals surface area contributed by atoms with Crippen molar-refractivity contribution in [3.05, 3.63) is 87.5 Å². The molecule has 0 atom stereocenters. The molecule has 0 fully saturated rings. The summed E-state index contributed by atoms with van der Waals surface area (Å²) in [7, 11) is 2.14. The summed E-state index contributed by atoms with van der Waals surface area (Å²) in [5.41, 5.74) is 4.63. The number of likely N-dealkylation sites (N-methyl/N-ethyl adjacent to an activating group) is 1. The van der Waals surface area contributed by atoms with Crippen molar-refractivity contribution in [2.24, 2.45) is 0 Å². The molecule has 154 valence electrons. The summed E-state index contributed by atoms with van der Waals surface area (Å²) >= 11 is 1.78. The van der Waals surface area contributed by atoms with Crippen LogP contribution in [0.2, 0.25) is 0 Å². The molecule has 0 aliphatic heterocycles. The fourth-order valence-corrected chi connectivity index (χ4v) is 4.42. The maximum Gasteiger partial charge on any atom is 0.255 e. The number of H-pyrrole nitrogens is 1. The maximum absolute atomic E-state index is 13.1. The highest BCUT2D eigenvalue weighted by atomic mass is 32.1. The van der Waals surface area contributed by atoms with Crippen LogP contribution in [0.15, 0.2) is 60.0 Å². The van der Waals surface area contributed by atoms with Crippen LogP contribution in [0.3, 0.4) is 0 Å². The summed E-state index contributed by atoms with van der Waals surface area (Å²) in [6.45, 7) is 3.97. The molecular weight excluding hydrogens is 397 g/mol. The van der Waals surface area contributed by atoms with Gasteiger partial charge in [-0.2, -0.15) is 0 Å². The van der Waals surface area contributed by atoms with Crippen molar-refractivity contribution in [1.82, 2.24) is 9.88 Å². The molecule has 0 spiro atoms. The molecule has 2 aromatic heterocycles. The lowest BCUT2D eigenvalue weighted by Gasteiger charge is -2.15. The molecular formula is C24H24FN3OS. The van der Waals surface area contributed by atoms with E-state index in [2.05, 4.69) is 46.7 Å². The second kappa shape index (κ2) is 8.81. The van der Waals surface area contributed by atoms with Gasteiger partial charge in [-0.15, -0.1) is 11.3 Å². The molecule has 4 nitrogen and oxygen atoms in total. The van der Waals surface area contributed by atoms with E-state index in [9.17, 15) is 9.18 Å². The molecule has 0 radical (unpaired) electrons. The molecule has 2 heterocycles. The fourth-order valence-electron chi connectivity index (χ4n) is 3.64. The minimum atomic E-state index is -0.357. The molecule has 2 aromatic carbocycles. The Hall–Kier alpha value is -2.96. The highest BCUT2D eigenvalue weighted by Gasteiger charge is 2.12. The van der Waals surface area contributed by atoms with Crippen LogP contribution in [0, 0.1) is 12.7 Å². The van der Waals surface area contributed by atoms with E-state index in [0.29, 0.717) is 5.56 Å². The molecule has 2 N–H and O–H groups in total. The predicted octanol–water partition coefficient (Wildman–Crippen LogP) is 5.60. The van der Waals surface area contributed by atoms with Crippen LogP contribution >= 0.6 is 11.3 Å². The third kappa shape index (κ3) is 4.61. The van der Waals surface area contributed by atoms with Gasteiger partial charge < -0.3 is 15.2 Å². The van der Waals surface area contributed by atoms with Gasteiger partial charge in [-0.25, -0.2) is 4.39 Å². The number of hydrogen-bond donors (Lipinski definition) is 2. The van der Waals surface area contributed by atoms with E-state index < -0.39 is 0 Å². The molecule has 1 amide bonds. The van der Waals surface area contributed by atoms with E-state index in [-0.39, 0.29) is 11.7 Å². The Morgan fingerprint density at radius 2 is 1.97 bits per heavy atom. The van der Waals surface area contributed by atoms with Gasteiger partial charge in [0, 0.05) is 45.8 Å². The standard InChI is InChI=1S/C24H24FN3OS/c1-16-21(11-12-28(2)15-20-4-3-13-30-20)22-14-19(9-10-23(22)26-16)27-24(29)17-5-7-18(25)8-6-17/h3-10,13-14,26H,11-12,15H2,1-2H3,(H,27,29). The fraction of sp³-hybridized carbons (Fsp3) is 0.208. The Kier molecular flexibility index (Phi) is 5.97. The molecule has 0 saturated heterocycles. The first kappa shape index (κ1) is 20.3. The SMILES string of the molecule is Cc1[nH]c2ccc(NC(=O)c3ccc(F)cc3)cc2c1CCN(C)Cc1cccs1.